The van der Waals surface area contributed by atoms with E-state index in [-0.39, 0.29) is 11.3 Å². The average molecular weight is 483 g/mol. The van der Waals surface area contributed by atoms with Crippen LogP contribution in [0.15, 0.2) is 66.8 Å². The van der Waals surface area contributed by atoms with Crippen LogP contribution in [0.5, 0.6) is 5.75 Å². The van der Waals surface area contributed by atoms with Gasteiger partial charge in [0.1, 0.15) is 18.1 Å². The summed E-state index contributed by atoms with van der Waals surface area (Å²) >= 11 is 5.98. The van der Waals surface area contributed by atoms with Gasteiger partial charge in [-0.2, -0.15) is 0 Å². The molecule has 1 aliphatic heterocycles. The molecule has 0 spiro atoms. The Morgan fingerprint density at radius 1 is 1.12 bits per heavy atom. The van der Waals surface area contributed by atoms with Crippen LogP contribution in [0, 0.1) is 0 Å². The fraction of sp³-hybridized carbons (Fsp3) is 0.333. The Morgan fingerprint density at radius 2 is 1.76 bits per heavy atom. The second-order valence-electron chi connectivity index (χ2n) is 8.05. The minimum absolute atomic E-state index is 0.0786. The molecule has 1 amide bonds. The van der Waals surface area contributed by atoms with Crippen molar-refractivity contribution in [2.45, 2.75) is 26.3 Å². The Kier molecular flexibility index (Phi) is 8.91. The smallest absolute Gasteiger partial charge is 0.295 e. The van der Waals surface area contributed by atoms with Gasteiger partial charge in [-0.05, 0) is 68.0 Å². The van der Waals surface area contributed by atoms with Crippen LogP contribution in [0.4, 0.5) is 0 Å². The lowest BCUT2D eigenvalue weighted by Gasteiger charge is -2.27. The zero-order valence-corrected chi connectivity index (χ0v) is 20.4. The number of Topliss-reactive ketones (excluding diaryl/α,β-unsaturated/α-hetero) is 1. The Bertz CT molecular complexity index is 1040. The summed E-state index contributed by atoms with van der Waals surface area (Å²) in [5, 5.41) is 11.6. The Hall–Kier alpha value is -3.09. The molecule has 0 aromatic heterocycles. The van der Waals surface area contributed by atoms with Crippen molar-refractivity contribution in [3.63, 3.8) is 0 Å². The number of ether oxygens (including phenoxy) is 1. The number of halogens is 1. The first kappa shape index (κ1) is 25.5. The number of benzene rings is 2. The number of carbonyl (C=O) groups is 2. The molecule has 0 radical (unpaired) electrons. The Morgan fingerprint density at radius 3 is 2.35 bits per heavy atom. The van der Waals surface area contributed by atoms with E-state index in [1.165, 1.54) is 0 Å². The van der Waals surface area contributed by atoms with Gasteiger partial charge in [0.2, 0.25) is 0 Å². The summed E-state index contributed by atoms with van der Waals surface area (Å²) in [6.45, 7) is 11.3. The summed E-state index contributed by atoms with van der Waals surface area (Å²) in [6, 6.07) is 13.1. The standard InChI is InChI=1S/C27H31ClN2O4/c1-4-18-34-22-14-10-19(11-15-22)24-23(25(31)20-8-12-21(28)13-9-20)26(32)27(33)30(24)17-7-16-29(5-2)6-3/h4,8-15,24,31H,1,5-7,16-18H2,2-3H3/b25-23-. The maximum Gasteiger partial charge on any atom is 0.295 e. The molecule has 2 aromatic rings. The molecule has 1 aliphatic rings. The number of aliphatic hydroxyl groups excluding tert-OH is 1. The zero-order chi connectivity index (χ0) is 24.7. The SMILES string of the molecule is C=CCOc1ccc(C2/C(=C(/O)c3ccc(Cl)cc3)C(=O)C(=O)N2CCCN(CC)CC)cc1. The van der Waals surface area contributed by atoms with Crippen molar-refractivity contribution in [1.29, 1.82) is 0 Å². The second kappa shape index (κ2) is 11.9. The van der Waals surface area contributed by atoms with Crippen molar-refractivity contribution in [2.75, 3.05) is 32.8 Å². The average Bonchev–Trinajstić information content (AvgIpc) is 3.10. The highest BCUT2D eigenvalue weighted by atomic mass is 35.5. The molecule has 2 aromatic carbocycles. The maximum absolute atomic E-state index is 13.1. The van der Waals surface area contributed by atoms with Gasteiger partial charge >= 0.3 is 0 Å². The summed E-state index contributed by atoms with van der Waals surface area (Å²) in [4.78, 5) is 30.0. The van der Waals surface area contributed by atoms with Gasteiger partial charge < -0.3 is 19.6 Å². The van der Waals surface area contributed by atoms with Gasteiger partial charge in [-0.25, -0.2) is 0 Å². The van der Waals surface area contributed by atoms with E-state index in [2.05, 4.69) is 25.3 Å². The van der Waals surface area contributed by atoms with Gasteiger partial charge in [-0.3, -0.25) is 9.59 Å². The highest BCUT2D eigenvalue weighted by molar-refractivity contribution is 6.46. The summed E-state index contributed by atoms with van der Waals surface area (Å²) < 4.78 is 5.57. The zero-order valence-electron chi connectivity index (χ0n) is 19.7. The molecule has 0 bridgehead atoms. The first-order chi connectivity index (χ1) is 16.4. The van der Waals surface area contributed by atoms with Crippen LogP contribution in [-0.2, 0) is 9.59 Å². The third kappa shape index (κ3) is 5.69. The molecule has 1 saturated heterocycles. The number of hydrogen-bond donors (Lipinski definition) is 1. The molecule has 7 heteroatoms. The van der Waals surface area contributed by atoms with E-state index in [0.717, 1.165) is 25.2 Å². The topological polar surface area (TPSA) is 70.1 Å². The van der Waals surface area contributed by atoms with Crippen molar-refractivity contribution >= 4 is 29.1 Å². The summed E-state index contributed by atoms with van der Waals surface area (Å²) in [5.74, 6) is -0.850. The molecule has 1 N–H and O–H groups in total. The lowest BCUT2D eigenvalue weighted by Crippen LogP contribution is -2.33. The number of rotatable bonds is 11. The van der Waals surface area contributed by atoms with E-state index in [9.17, 15) is 14.7 Å². The maximum atomic E-state index is 13.1. The highest BCUT2D eigenvalue weighted by Gasteiger charge is 2.45. The van der Waals surface area contributed by atoms with Crippen LogP contribution in [0.3, 0.4) is 0 Å². The number of amides is 1. The quantitative estimate of drug-likeness (QED) is 0.210. The summed E-state index contributed by atoms with van der Waals surface area (Å²) in [5.41, 5.74) is 1.24. The lowest BCUT2D eigenvalue weighted by atomic mass is 9.95. The van der Waals surface area contributed by atoms with Crippen LogP contribution in [0.1, 0.15) is 37.4 Å². The van der Waals surface area contributed by atoms with Gasteiger partial charge in [0.05, 0.1) is 11.6 Å². The van der Waals surface area contributed by atoms with Gasteiger partial charge in [0.25, 0.3) is 11.7 Å². The largest absolute Gasteiger partial charge is 0.507 e. The lowest BCUT2D eigenvalue weighted by molar-refractivity contribution is -0.140. The second-order valence-corrected chi connectivity index (χ2v) is 8.48. The fourth-order valence-electron chi connectivity index (χ4n) is 4.13. The third-order valence-corrected chi connectivity index (χ3v) is 6.24. The third-order valence-electron chi connectivity index (χ3n) is 5.99. The van der Waals surface area contributed by atoms with Crippen LogP contribution < -0.4 is 4.74 Å². The van der Waals surface area contributed by atoms with Crippen LogP contribution in [0.25, 0.3) is 5.76 Å². The summed E-state index contributed by atoms with van der Waals surface area (Å²) in [6.07, 6.45) is 2.37. The van der Waals surface area contributed by atoms with Crippen LogP contribution in [0.2, 0.25) is 5.02 Å². The number of likely N-dealkylation sites (tertiary alicyclic amines) is 1. The molecule has 3 rings (SSSR count). The van der Waals surface area contributed by atoms with E-state index in [1.54, 1.807) is 47.4 Å². The summed E-state index contributed by atoms with van der Waals surface area (Å²) in [7, 11) is 0. The van der Waals surface area contributed by atoms with E-state index in [0.29, 0.717) is 35.9 Å². The molecule has 0 aliphatic carbocycles. The molecule has 0 saturated carbocycles. The first-order valence-electron chi connectivity index (χ1n) is 11.5. The molecule has 1 fully saturated rings. The van der Waals surface area contributed by atoms with Crippen molar-refractivity contribution in [3.8, 4) is 5.75 Å². The van der Waals surface area contributed by atoms with E-state index in [4.69, 9.17) is 16.3 Å². The molecule has 34 heavy (non-hydrogen) atoms. The van der Waals surface area contributed by atoms with Gasteiger partial charge in [-0.1, -0.05) is 50.2 Å². The number of aliphatic hydroxyl groups is 1. The molecule has 6 nitrogen and oxygen atoms in total. The number of nitrogens with zero attached hydrogens (tertiary/aromatic N) is 2. The van der Waals surface area contributed by atoms with Crippen LogP contribution >= 0.6 is 11.6 Å². The first-order valence-corrected chi connectivity index (χ1v) is 11.9. The minimum atomic E-state index is -0.694. The number of carbonyl (C=O) groups excluding carboxylic acids is 2. The van der Waals surface area contributed by atoms with Crippen molar-refractivity contribution in [1.82, 2.24) is 9.80 Å². The highest BCUT2D eigenvalue weighted by Crippen LogP contribution is 2.40. The predicted octanol–water partition coefficient (Wildman–Crippen LogP) is 5.06. The van der Waals surface area contributed by atoms with E-state index in [1.807, 2.05) is 12.1 Å². The number of hydrogen-bond acceptors (Lipinski definition) is 5. The van der Waals surface area contributed by atoms with E-state index < -0.39 is 17.7 Å². The number of ketones is 1. The monoisotopic (exact) mass is 482 g/mol. The molecule has 1 heterocycles. The van der Waals surface area contributed by atoms with E-state index >= 15 is 0 Å². The molecular weight excluding hydrogens is 452 g/mol. The molecule has 180 valence electrons. The Balaban J connectivity index is 2.00. The normalized spacial score (nSPS) is 17.4. The molecule has 1 unspecified atom stereocenters. The van der Waals surface area contributed by atoms with Crippen molar-refractivity contribution in [2.24, 2.45) is 0 Å². The van der Waals surface area contributed by atoms with Gasteiger partial charge in [-0.15, -0.1) is 0 Å². The van der Waals surface area contributed by atoms with Crippen molar-refractivity contribution < 1.29 is 19.4 Å². The predicted molar refractivity (Wildman–Crippen MR) is 135 cm³/mol. The van der Waals surface area contributed by atoms with Crippen molar-refractivity contribution in [3.05, 3.63) is 82.9 Å². The molecular formula is C27H31ClN2O4. The Labute approximate surface area is 206 Å². The van der Waals surface area contributed by atoms with Gasteiger partial charge in [0, 0.05) is 17.1 Å². The van der Waals surface area contributed by atoms with Crippen LogP contribution in [-0.4, -0.2) is 59.4 Å². The molecule has 1 atom stereocenters. The minimum Gasteiger partial charge on any atom is -0.507 e. The fourth-order valence-corrected chi connectivity index (χ4v) is 4.25. The van der Waals surface area contributed by atoms with Gasteiger partial charge in [0.15, 0.2) is 0 Å².